The van der Waals surface area contributed by atoms with Gasteiger partial charge in [-0.15, -0.1) is 0 Å². The first-order valence-electron chi connectivity index (χ1n) is 28.2. The van der Waals surface area contributed by atoms with Crippen molar-refractivity contribution in [1.29, 1.82) is 0 Å². The number of hydrogen-bond donors (Lipinski definition) is 0. The predicted octanol–water partition coefficient (Wildman–Crippen LogP) is 17.8. The Morgan fingerprint density at radius 1 is 0.244 bits per heavy atom. The van der Waals surface area contributed by atoms with E-state index in [2.05, 4.69) is 319 Å². The molecule has 0 saturated heterocycles. The summed E-state index contributed by atoms with van der Waals surface area (Å²) in [5, 5.41) is 12.4. The second-order valence-corrected chi connectivity index (χ2v) is 25.3. The molecule has 16 aromatic rings. The minimum atomic E-state index is -3.01. The normalized spacial score (nSPS) is 11.9. The van der Waals surface area contributed by atoms with Gasteiger partial charge in [-0.3, -0.25) is 0 Å². The number of rotatable bonds is 10. The summed E-state index contributed by atoms with van der Waals surface area (Å²) >= 11 is 0. The van der Waals surface area contributed by atoms with Crippen LogP contribution in [0.4, 0.5) is 0 Å². The molecule has 0 spiro atoms. The highest BCUT2D eigenvalue weighted by Crippen LogP contribution is 2.45. The highest BCUT2D eigenvalue weighted by atomic mass is 28.3. The van der Waals surface area contributed by atoms with Crippen molar-refractivity contribution >= 4 is 94.4 Å². The first-order chi connectivity index (χ1) is 40.7. The summed E-state index contributed by atoms with van der Waals surface area (Å²) in [7, 11) is -3.01. The lowest BCUT2D eigenvalue weighted by atomic mass is 9.92. The molecule has 0 saturated carbocycles. The van der Waals surface area contributed by atoms with Crippen molar-refractivity contribution in [3.8, 4) is 55.9 Å². The van der Waals surface area contributed by atoms with E-state index in [-0.39, 0.29) is 0 Å². The average molecular weight is 1060 g/mol. The van der Waals surface area contributed by atoms with Crippen LogP contribution in [0.5, 0.6) is 0 Å². The maximum Gasteiger partial charge on any atom is 0.179 e. The molecule has 3 heterocycles. The molecule has 0 radical (unpaired) electrons. The van der Waals surface area contributed by atoms with E-state index in [1.807, 2.05) is 6.07 Å². The number of furan rings is 1. The van der Waals surface area contributed by atoms with Crippen LogP contribution in [0.25, 0.3) is 121 Å². The highest BCUT2D eigenvalue weighted by molar-refractivity contribution is 7.20. The average Bonchev–Trinajstić information content (AvgIpc) is 4.39. The summed E-state index contributed by atoms with van der Waals surface area (Å²) in [6.45, 7) is 0. The zero-order valence-electron chi connectivity index (χ0n) is 44.8. The highest BCUT2D eigenvalue weighted by Gasteiger charge is 2.42. The maximum atomic E-state index is 6.46. The summed E-state index contributed by atoms with van der Waals surface area (Å²) in [6.07, 6.45) is 0. The van der Waals surface area contributed by atoms with Crippen LogP contribution in [0.15, 0.2) is 320 Å². The summed E-state index contributed by atoms with van der Waals surface area (Å²) < 4.78 is 11.5. The van der Waals surface area contributed by atoms with Gasteiger partial charge in [-0.1, -0.05) is 267 Å². The Kier molecular flexibility index (Phi) is 11.2. The van der Waals surface area contributed by atoms with Crippen molar-refractivity contribution in [3.63, 3.8) is 0 Å². The number of hydrogen-bond acceptors (Lipinski definition) is 1. The first kappa shape index (κ1) is 47.5. The fourth-order valence-corrected chi connectivity index (χ4v) is 18.3. The molecule has 82 heavy (non-hydrogen) atoms. The van der Waals surface area contributed by atoms with Gasteiger partial charge < -0.3 is 13.6 Å². The summed E-state index contributed by atoms with van der Waals surface area (Å²) in [4.78, 5) is 0. The number of aromatic nitrogens is 2. The van der Waals surface area contributed by atoms with E-state index in [1.165, 1.54) is 58.9 Å². The first-order valence-corrected chi connectivity index (χ1v) is 30.2. The standard InChI is InChI=1S/C78H52N2OSi/c1-6-25-53(26-7-1)69-51-60(82(57-29-10-3-11-30-57,58-31-12-4-13-32-58)59-33-14-5-15-34-59)52-70(54-27-8-2-9-28-54)78(69)80-73-43-22-19-38-64(73)71-50-56(46-48-74(71)80)79-72-42-21-18-37-63(72)68-41-24-40-67(77(68)79)62-36-17-16-35-61(62)55-45-47-66-65-39-20-23-44-75(65)81-76(66)49-55/h1-52H. The van der Waals surface area contributed by atoms with Gasteiger partial charge >= 0.3 is 0 Å². The van der Waals surface area contributed by atoms with Crippen LogP contribution in [0, 0.1) is 0 Å². The third-order valence-corrected chi connectivity index (χ3v) is 21.8. The van der Waals surface area contributed by atoms with Crippen LogP contribution < -0.4 is 20.7 Å². The molecule has 13 aromatic carbocycles. The zero-order chi connectivity index (χ0) is 54.1. The van der Waals surface area contributed by atoms with E-state index >= 15 is 0 Å². The molecule has 0 amide bonds. The molecule has 3 aromatic heterocycles. The van der Waals surface area contributed by atoms with E-state index in [0.717, 1.165) is 83.2 Å². The second kappa shape index (κ2) is 19.4. The van der Waals surface area contributed by atoms with Crippen molar-refractivity contribution in [2.45, 2.75) is 0 Å². The maximum absolute atomic E-state index is 6.46. The molecule has 4 heteroatoms. The number of benzene rings is 13. The van der Waals surface area contributed by atoms with E-state index in [4.69, 9.17) is 4.42 Å². The molecule has 16 rings (SSSR count). The molecule has 0 atom stereocenters. The lowest BCUT2D eigenvalue weighted by molar-refractivity contribution is 0.669. The number of fused-ring (bicyclic) bond motifs is 9. The quantitative estimate of drug-likeness (QED) is 0.0989. The Balaban J connectivity index is 0.961. The van der Waals surface area contributed by atoms with Gasteiger partial charge in [0.2, 0.25) is 0 Å². The smallest absolute Gasteiger partial charge is 0.179 e. The minimum absolute atomic E-state index is 0.887. The van der Waals surface area contributed by atoms with Crippen molar-refractivity contribution in [2.24, 2.45) is 0 Å². The molecule has 0 fully saturated rings. The summed E-state index contributed by atoms with van der Waals surface area (Å²) in [5.74, 6) is 0. The van der Waals surface area contributed by atoms with E-state index in [1.54, 1.807) is 0 Å². The summed E-state index contributed by atoms with van der Waals surface area (Å²) in [5.41, 5.74) is 17.9. The summed E-state index contributed by atoms with van der Waals surface area (Å²) in [6, 6.07) is 117. The topological polar surface area (TPSA) is 23.0 Å². The molecule has 0 N–H and O–H groups in total. The van der Waals surface area contributed by atoms with E-state index < -0.39 is 8.07 Å². The van der Waals surface area contributed by atoms with Crippen molar-refractivity contribution in [2.75, 3.05) is 0 Å². The van der Waals surface area contributed by atoms with Crippen LogP contribution in [0.1, 0.15) is 0 Å². The van der Waals surface area contributed by atoms with Crippen LogP contribution in [0.2, 0.25) is 0 Å². The van der Waals surface area contributed by atoms with Gasteiger partial charge in [-0.25, -0.2) is 0 Å². The van der Waals surface area contributed by atoms with Gasteiger partial charge in [0.25, 0.3) is 0 Å². The molecule has 0 aliphatic rings. The van der Waals surface area contributed by atoms with Gasteiger partial charge in [0.05, 0.1) is 27.8 Å². The van der Waals surface area contributed by atoms with Gasteiger partial charge in [0.15, 0.2) is 8.07 Å². The largest absolute Gasteiger partial charge is 0.456 e. The fraction of sp³-hybridized carbons (Fsp3) is 0. The van der Waals surface area contributed by atoms with Gasteiger partial charge in [-0.05, 0) is 97.1 Å². The van der Waals surface area contributed by atoms with Crippen LogP contribution >= 0.6 is 0 Å². The third kappa shape index (κ3) is 7.42. The molecule has 0 aliphatic carbocycles. The van der Waals surface area contributed by atoms with Gasteiger partial charge in [-0.2, -0.15) is 0 Å². The molecular formula is C78H52N2OSi. The molecule has 0 aliphatic heterocycles. The van der Waals surface area contributed by atoms with Gasteiger partial charge in [0, 0.05) is 54.7 Å². The molecule has 384 valence electrons. The fourth-order valence-electron chi connectivity index (χ4n) is 13.5. The SMILES string of the molecule is c1ccc(-c2cc([Si](c3ccccc3)(c3ccccc3)c3ccccc3)cc(-c3ccccc3)c2-n2c3ccccc3c3cc(-n4c5ccccc5c5cccc(-c6ccccc6-c6ccc7c(c6)oc6ccccc67)c54)ccc32)cc1. The lowest BCUT2D eigenvalue weighted by Gasteiger charge is -2.36. The predicted molar refractivity (Wildman–Crippen MR) is 348 cm³/mol. The van der Waals surface area contributed by atoms with E-state index in [0.29, 0.717) is 0 Å². The molecule has 3 nitrogen and oxygen atoms in total. The Morgan fingerprint density at radius 2 is 0.707 bits per heavy atom. The van der Waals surface area contributed by atoms with Crippen LogP contribution in [-0.2, 0) is 0 Å². The lowest BCUT2D eigenvalue weighted by Crippen LogP contribution is -2.74. The molecule has 0 bridgehead atoms. The number of nitrogens with zero attached hydrogens (tertiary/aromatic N) is 2. The monoisotopic (exact) mass is 1060 g/mol. The Bertz CT molecular complexity index is 4920. The Hall–Kier alpha value is -10.5. The van der Waals surface area contributed by atoms with Crippen molar-refractivity contribution in [3.05, 3.63) is 315 Å². The van der Waals surface area contributed by atoms with Gasteiger partial charge in [0.1, 0.15) is 11.2 Å². The second-order valence-electron chi connectivity index (χ2n) is 21.5. The van der Waals surface area contributed by atoms with Crippen molar-refractivity contribution < 1.29 is 4.42 Å². The van der Waals surface area contributed by atoms with Crippen molar-refractivity contribution in [1.82, 2.24) is 9.13 Å². The Labute approximate surface area is 476 Å². The Morgan fingerprint density at radius 3 is 1.33 bits per heavy atom. The van der Waals surface area contributed by atoms with Crippen LogP contribution in [0.3, 0.4) is 0 Å². The third-order valence-electron chi connectivity index (χ3n) is 17.1. The molecular weight excluding hydrogens is 1010 g/mol. The molecule has 0 unspecified atom stereocenters. The van der Waals surface area contributed by atoms with E-state index in [9.17, 15) is 0 Å². The number of para-hydroxylation sites is 4. The zero-order valence-corrected chi connectivity index (χ0v) is 45.8. The minimum Gasteiger partial charge on any atom is -0.456 e. The van der Waals surface area contributed by atoms with Crippen LogP contribution in [-0.4, -0.2) is 17.2 Å².